The lowest BCUT2D eigenvalue weighted by Gasteiger charge is -2.07. The Morgan fingerprint density at radius 2 is 1.70 bits per heavy atom. The molecule has 0 aromatic heterocycles. The van der Waals surface area contributed by atoms with Crippen molar-refractivity contribution in [1.29, 1.82) is 0 Å². The fourth-order valence-electron chi connectivity index (χ4n) is 2.18. The maximum absolute atomic E-state index is 11.6. The molecule has 0 aliphatic heterocycles. The molecule has 0 unspecified atom stereocenters. The van der Waals surface area contributed by atoms with E-state index in [0.29, 0.717) is 11.6 Å². The number of hydrogen-bond donors (Lipinski definition) is 1. The summed E-state index contributed by atoms with van der Waals surface area (Å²) < 4.78 is 4.97. The number of rotatable bonds is 10. The number of nitrogens with one attached hydrogen (secondary N) is 1. The van der Waals surface area contributed by atoms with Crippen LogP contribution < -0.4 is 5.32 Å². The van der Waals surface area contributed by atoms with Crippen LogP contribution in [0.5, 0.6) is 0 Å². The number of unbranched alkanes of at least 4 members (excludes halogenated alkanes) is 6. The molecule has 1 aromatic rings. The van der Waals surface area contributed by atoms with Crippen molar-refractivity contribution in [2.24, 2.45) is 0 Å². The molecule has 1 rings (SSSR count). The summed E-state index contributed by atoms with van der Waals surface area (Å²) in [5.41, 5.74) is 0.766. The van der Waals surface area contributed by atoms with E-state index in [1.54, 1.807) is 12.1 Å². The van der Waals surface area contributed by atoms with E-state index in [9.17, 15) is 9.59 Å². The lowest BCUT2D eigenvalue weighted by Crippen LogP contribution is -2.32. The number of benzene rings is 1. The van der Waals surface area contributed by atoms with Gasteiger partial charge in [0, 0.05) is 11.6 Å². The molecule has 0 saturated carbocycles. The van der Waals surface area contributed by atoms with Crippen LogP contribution in [-0.2, 0) is 20.9 Å². The van der Waals surface area contributed by atoms with Crippen molar-refractivity contribution in [2.45, 2.75) is 58.4 Å². The Bertz CT molecular complexity index is 491. The van der Waals surface area contributed by atoms with Crippen LogP contribution in [0.25, 0.3) is 0 Å². The minimum atomic E-state index is -0.831. The Kier molecular flexibility index (Phi) is 10.1. The van der Waals surface area contributed by atoms with Crippen LogP contribution in [-0.4, -0.2) is 18.5 Å². The summed E-state index contributed by atoms with van der Waals surface area (Å²) in [7, 11) is 0. The first-order chi connectivity index (χ1) is 11.1. The van der Waals surface area contributed by atoms with Gasteiger partial charge in [0.25, 0.3) is 0 Å². The van der Waals surface area contributed by atoms with Gasteiger partial charge in [-0.1, -0.05) is 75.2 Å². The van der Waals surface area contributed by atoms with Crippen molar-refractivity contribution in [3.63, 3.8) is 0 Å². The smallest absolute Gasteiger partial charge is 0.396 e. The Morgan fingerprint density at radius 1 is 1.04 bits per heavy atom. The molecule has 0 heterocycles. The van der Waals surface area contributed by atoms with Gasteiger partial charge < -0.3 is 10.1 Å². The summed E-state index contributed by atoms with van der Waals surface area (Å²) in [5.74, 6) is -1.56. The molecule has 0 aliphatic rings. The third-order valence-electron chi connectivity index (χ3n) is 3.56. The first kappa shape index (κ1) is 19.5. The lowest BCUT2D eigenvalue weighted by molar-refractivity contribution is -0.155. The predicted octanol–water partition coefficient (Wildman–Crippen LogP) is 4.25. The van der Waals surface area contributed by atoms with Gasteiger partial charge in [0.15, 0.2) is 0 Å². The summed E-state index contributed by atoms with van der Waals surface area (Å²) in [6.45, 7) is 2.70. The molecule has 1 N–H and O–H groups in total. The van der Waals surface area contributed by atoms with E-state index in [2.05, 4.69) is 12.2 Å². The summed E-state index contributed by atoms with van der Waals surface area (Å²) in [6.07, 6.45) is 7.98. The van der Waals surface area contributed by atoms with E-state index in [-0.39, 0.29) is 6.54 Å². The molecule has 1 aromatic carbocycles. The highest BCUT2D eigenvalue weighted by atomic mass is 35.5. The third-order valence-corrected chi connectivity index (χ3v) is 3.93. The fraction of sp³-hybridized carbons (Fsp3) is 0.556. The molecular weight excluding hydrogens is 314 g/mol. The number of ether oxygens (including phenoxy) is 1. The number of carbonyl (C=O) groups excluding carboxylic acids is 2. The topological polar surface area (TPSA) is 55.4 Å². The third kappa shape index (κ3) is 8.60. The summed E-state index contributed by atoms with van der Waals surface area (Å²) in [4.78, 5) is 23.2. The molecular formula is C18H26ClNO3. The normalized spacial score (nSPS) is 10.3. The van der Waals surface area contributed by atoms with Crippen molar-refractivity contribution >= 4 is 23.5 Å². The minimum absolute atomic E-state index is 0.213. The number of amides is 1. The van der Waals surface area contributed by atoms with Crippen molar-refractivity contribution in [1.82, 2.24) is 5.32 Å². The van der Waals surface area contributed by atoms with Crippen molar-refractivity contribution in [3.05, 3.63) is 34.9 Å². The molecule has 0 saturated heterocycles. The van der Waals surface area contributed by atoms with Gasteiger partial charge in [-0.15, -0.1) is 0 Å². The van der Waals surface area contributed by atoms with Crippen LogP contribution in [0, 0.1) is 0 Å². The maximum Gasteiger partial charge on any atom is 0.396 e. The molecule has 5 heteroatoms. The highest BCUT2D eigenvalue weighted by Gasteiger charge is 2.14. The average Bonchev–Trinajstić information content (AvgIpc) is 2.56. The van der Waals surface area contributed by atoms with E-state index in [0.717, 1.165) is 24.8 Å². The van der Waals surface area contributed by atoms with Crippen molar-refractivity contribution < 1.29 is 14.3 Å². The first-order valence-electron chi connectivity index (χ1n) is 8.33. The van der Waals surface area contributed by atoms with E-state index in [4.69, 9.17) is 16.3 Å². The lowest BCUT2D eigenvalue weighted by atomic mass is 10.1. The number of carbonyl (C=O) groups is 2. The summed E-state index contributed by atoms with van der Waals surface area (Å²) in [5, 5.41) is 3.08. The number of esters is 1. The predicted molar refractivity (Wildman–Crippen MR) is 92.3 cm³/mol. The van der Waals surface area contributed by atoms with Gasteiger partial charge in [-0.2, -0.15) is 0 Å². The van der Waals surface area contributed by atoms with Crippen LogP contribution in [0.3, 0.4) is 0 Å². The molecule has 0 radical (unpaired) electrons. The van der Waals surface area contributed by atoms with E-state index < -0.39 is 11.9 Å². The van der Waals surface area contributed by atoms with Crippen LogP contribution >= 0.6 is 11.6 Å². The van der Waals surface area contributed by atoms with Gasteiger partial charge in [0.1, 0.15) is 0 Å². The van der Waals surface area contributed by atoms with E-state index in [1.807, 2.05) is 12.1 Å². The second kappa shape index (κ2) is 11.9. The van der Waals surface area contributed by atoms with E-state index in [1.165, 1.54) is 25.7 Å². The Morgan fingerprint density at radius 3 is 2.39 bits per heavy atom. The fourth-order valence-corrected chi connectivity index (χ4v) is 2.38. The zero-order valence-electron chi connectivity index (χ0n) is 13.8. The molecule has 23 heavy (non-hydrogen) atoms. The van der Waals surface area contributed by atoms with Crippen LogP contribution in [0.2, 0.25) is 5.02 Å². The Hall–Kier alpha value is -1.55. The summed E-state index contributed by atoms with van der Waals surface area (Å²) in [6, 6.07) is 7.17. The Balaban J connectivity index is 2.10. The van der Waals surface area contributed by atoms with Gasteiger partial charge in [0.05, 0.1) is 6.61 Å². The van der Waals surface area contributed by atoms with E-state index >= 15 is 0 Å². The molecule has 0 aliphatic carbocycles. The van der Waals surface area contributed by atoms with Crippen molar-refractivity contribution in [3.8, 4) is 0 Å². The van der Waals surface area contributed by atoms with Crippen LogP contribution in [0.4, 0.5) is 0 Å². The molecule has 1 amide bonds. The standard InChI is InChI=1S/C18H26ClNO3/c1-2-3-4-5-6-7-10-13-23-18(22)17(21)20-14-15-11-8-9-12-16(15)19/h8-9,11-12H,2-7,10,13-14H2,1H3,(H,20,21). The highest BCUT2D eigenvalue weighted by molar-refractivity contribution is 6.33. The largest absolute Gasteiger partial charge is 0.459 e. The average molecular weight is 340 g/mol. The SMILES string of the molecule is CCCCCCCCCOC(=O)C(=O)NCc1ccccc1Cl. The van der Waals surface area contributed by atoms with Crippen molar-refractivity contribution in [2.75, 3.05) is 6.61 Å². The number of hydrogen-bond acceptors (Lipinski definition) is 3. The van der Waals surface area contributed by atoms with Gasteiger partial charge >= 0.3 is 11.9 Å². The first-order valence-corrected chi connectivity index (χ1v) is 8.71. The number of halogens is 1. The van der Waals surface area contributed by atoms with Gasteiger partial charge in [-0.3, -0.25) is 4.79 Å². The molecule has 0 spiro atoms. The molecule has 4 nitrogen and oxygen atoms in total. The van der Waals surface area contributed by atoms with Crippen LogP contribution in [0.1, 0.15) is 57.4 Å². The Labute approximate surface area is 143 Å². The van der Waals surface area contributed by atoms with Gasteiger partial charge in [-0.05, 0) is 18.1 Å². The zero-order valence-corrected chi connectivity index (χ0v) is 14.5. The maximum atomic E-state index is 11.6. The molecule has 128 valence electrons. The zero-order chi connectivity index (χ0) is 16.9. The monoisotopic (exact) mass is 339 g/mol. The molecule has 0 bridgehead atoms. The van der Waals surface area contributed by atoms with Crippen LogP contribution in [0.15, 0.2) is 24.3 Å². The second-order valence-corrected chi connectivity index (χ2v) is 5.94. The molecule has 0 atom stereocenters. The van der Waals surface area contributed by atoms with Gasteiger partial charge in [-0.25, -0.2) is 4.79 Å². The minimum Gasteiger partial charge on any atom is -0.459 e. The molecule has 0 fully saturated rings. The highest BCUT2D eigenvalue weighted by Crippen LogP contribution is 2.14. The van der Waals surface area contributed by atoms with Gasteiger partial charge in [0.2, 0.25) is 0 Å². The quantitative estimate of drug-likeness (QED) is 0.394. The second-order valence-electron chi connectivity index (χ2n) is 5.53. The summed E-state index contributed by atoms with van der Waals surface area (Å²) >= 11 is 5.98.